The third kappa shape index (κ3) is 5.85. The van der Waals surface area contributed by atoms with E-state index in [-0.39, 0.29) is 11.7 Å². The van der Waals surface area contributed by atoms with Crippen LogP contribution in [0.5, 0.6) is 0 Å². The molecule has 8 nitrogen and oxygen atoms in total. The van der Waals surface area contributed by atoms with Crippen LogP contribution in [0, 0.1) is 13.8 Å². The molecule has 0 aliphatic carbocycles. The minimum absolute atomic E-state index is 0.163. The number of aliphatic carboxylic acids is 1. The molecule has 0 saturated heterocycles. The summed E-state index contributed by atoms with van der Waals surface area (Å²) in [5.41, 5.74) is 2.69. The largest absolute Gasteiger partial charge is 0.480 e. The molecule has 0 spiro atoms. The molecule has 0 radical (unpaired) electrons. The van der Waals surface area contributed by atoms with E-state index in [1.807, 2.05) is 13.8 Å². The van der Waals surface area contributed by atoms with Crippen LogP contribution < -0.4 is 10.6 Å². The van der Waals surface area contributed by atoms with E-state index >= 15 is 0 Å². The van der Waals surface area contributed by atoms with Crippen molar-refractivity contribution in [2.24, 2.45) is 0 Å². The van der Waals surface area contributed by atoms with Gasteiger partial charge in [0.1, 0.15) is 11.8 Å². The Kier molecular flexibility index (Phi) is 7.00. The van der Waals surface area contributed by atoms with E-state index in [1.165, 1.54) is 30.8 Å². The second-order valence-corrected chi connectivity index (χ2v) is 6.94. The fraction of sp³-hybridized carbons (Fsp3) is 0.333. The van der Waals surface area contributed by atoms with Gasteiger partial charge in [-0.25, -0.2) is 0 Å². The third-order valence-electron chi connectivity index (χ3n) is 3.81. The van der Waals surface area contributed by atoms with Gasteiger partial charge in [0.15, 0.2) is 0 Å². The minimum Gasteiger partial charge on any atom is -0.480 e. The Bertz CT molecular complexity index is 813. The number of carbonyl (C=O) groups excluding carboxylic acids is 2. The van der Waals surface area contributed by atoms with E-state index in [2.05, 4.69) is 15.8 Å². The molecule has 2 amide bonds. The van der Waals surface area contributed by atoms with Crippen molar-refractivity contribution in [2.75, 3.05) is 11.1 Å². The number of anilines is 1. The first-order valence-corrected chi connectivity index (χ1v) is 9.36. The Morgan fingerprint density at radius 1 is 1.22 bits per heavy atom. The normalized spacial score (nSPS) is 11.7. The number of carbonyl (C=O) groups is 3. The van der Waals surface area contributed by atoms with Crippen molar-refractivity contribution in [1.29, 1.82) is 0 Å². The molecule has 1 unspecified atom stereocenters. The SMILES string of the molecule is Cc1noc(C)c1CSCC(=O)Nc1ccc(C(=O)NC(C)C(=O)O)cc1. The highest BCUT2D eigenvalue weighted by molar-refractivity contribution is 7.99. The number of nitrogens with zero attached hydrogens (tertiary/aromatic N) is 1. The van der Waals surface area contributed by atoms with Crippen molar-refractivity contribution >= 4 is 35.2 Å². The van der Waals surface area contributed by atoms with E-state index in [0.717, 1.165) is 17.0 Å². The highest BCUT2D eigenvalue weighted by Gasteiger charge is 2.15. The summed E-state index contributed by atoms with van der Waals surface area (Å²) < 4.78 is 5.09. The standard InChI is InChI=1S/C18H21N3O5S/c1-10-15(12(3)26-21-10)8-27-9-16(22)20-14-6-4-13(5-7-14)17(23)19-11(2)18(24)25/h4-7,11H,8-9H2,1-3H3,(H,19,23)(H,20,22)(H,24,25). The van der Waals surface area contributed by atoms with Crippen LogP contribution in [0.4, 0.5) is 5.69 Å². The van der Waals surface area contributed by atoms with Crippen LogP contribution in [-0.4, -0.2) is 39.8 Å². The van der Waals surface area contributed by atoms with Gasteiger partial charge in [-0.3, -0.25) is 14.4 Å². The first-order chi connectivity index (χ1) is 12.8. The number of thioether (sulfide) groups is 1. The smallest absolute Gasteiger partial charge is 0.325 e. The first kappa shape index (κ1) is 20.5. The molecule has 0 bridgehead atoms. The van der Waals surface area contributed by atoms with Crippen molar-refractivity contribution in [3.8, 4) is 0 Å². The fourth-order valence-corrected chi connectivity index (χ4v) is 3.17. The van der Waals surface area contributed by atoms with Crippen molar-refractivity contribution in [3.05, 3.63) is 46.8 Å². The molecule has 1 atom stereocenters. The predicted octanol–water partition coefficient (Wildman–Crippen LogP) is 2.37. The molecule has 0 aliphatic heterocycles. The van der Waals surface area contributed by atoms with Crippen LogP contribution in [0.15, 0.2) is 28.8 Å². The lowest BCUT2D eigenvalue weighted by Gasteiger charge is -2.10. The fourth-order valence-electron chi connectivity index (χ4n) is 2.20. The van der Waals surface area contributed by atoms with Crippen molar-refractivity contribution < 1.29 is 24.0 Å². The third-order valence-corrected chi connectivity index (χ3v) is 4.77. The number of carboxylic acid groups (broad SMARTS) is 1. The van der Waals surface area contributed by atoms with Crippen LogP contribution in [0.1, 0.15) is 34.3 Å². The Balaban J connectivity index is 1.82. The van der Waals surface area contributed by atoms with E-state index in [4.69, 9.17) is 9.63 Å². The zero-order chi connectivity index (χ0) is 20.0. The molecule has 1 aromatic heterocycles. The second-order valence-electron chi connectivity index (χ2n) is 5.95. The summed E-state index contributed by atoms with van der Waals surface area (Å²) in [6.07, 6.45) is 0. The van der Waals surface area contributed by atoms with Crippen LogP contribution in [0.3, 0.4) is 0 Å². The Labute approximate surface area is 160 Å². The van der Waals surface area contributed by atoms with Gasteiger partial charge in [-0.15, -0.1) is 11.8 Å². The molecule has 144 valence electrons. The van der Waals surface area contributed by atoms with Gasteiger partial charge in [0.2, 0.25) is 5.91 Å². The molecular formula is C18H21N3O5S. The average molecular weight is 391 g/mol. The molecule has 0 saturated carbocycles. The van der Waals surface area contributed by atoms with Crippen molar-refractivity contribution in [2.45, 2.75) is 32.6 Å². The molecule has 1 aromatic carbocycles. The molecule has 27 heavy (non-hydrogen) atoms. The number of aromatic nitrogens is 1. The van der Waals surface area contributed by atoms with E-state index in [9.17, 15) is 14.4 Å². The Morgan fingerprint density at radius 2 is 1.89 bits per heavy atom. The molecule has 0 fully saturated rings. The quantitative estimate of drug-likeness (QED) is 0.631. The van der Waals surface area contributed by atoms with Crippen molar-refractivity contribution in [3.63, 3.8) is 0 Å². The lowest BCUT2D eigenvalue weighted by atomic mass is 10.2. The maximum absolute atomic E-state index is 12.0. The number of amides is 2. The molecule has 9 heteroatoms. The molecule has 3 N–H and O–H groups in total. The van der Waals surface area contributed by atoms with Crippen LogP contribution in [-0.2, 0) is 15.3 Å². The van der Waals surface area contributed by atoms with Crippen LogP contribution in [0.25, 0.3) is 0 Å². The van der Waals surface area contributed by atoms with E-state index in [1.54, 1.807) is 12.1 Å². The zero-order valence-electron chi connectivity index (χ0n) is 15.2. The maximum Gasteiger partial charge on any atom is 0.325 e. The molecule has 2 aromatic rings. The van der Waals surface area contributed by atoms with Gasteiger partial charge >= 0.3 is 5.97 Å². The number of hydrogen-bond donors (Lipinski definition) is 3. The van der Waals surface area contributed by atoms with E-state index in [0.29, 0.717) is 17.0 Å². The number of rotatable bonds is 8. The molecule has 1 heterocycles. The zero-order valence-corrected chi connectivity index (χ0v) is 16.1. The van der Waals surface area contributed by atoms with Crippen LogP contribution in [0.2, 0.25) is 0 Å². The minimum atomic E-state index is -1.11. The number of aryl methyl sites for hydroxylation is 2. The highest BCUT2D eigenvalue weighted by atomic mass is 32.2. The summed E-state index contributed by atoms with van der Waals surface area (Å²) in [5.74, 6) is -0.105. The summed E-state index contributed by atoms with van der Waals surface area (Å²) in [5, 5.41) is 17.8. The van der Waals surface area contributed by atoms with Gasteiger partial charge in [-0.05, 0) is 45.0 Å². The Morgan fingerprint density at radius 3 is 2.44 bits per heavy atom. The molecular weight excluding hydrogens is 370 g/mol. The Hall–Kier alpha value is -2.81. The summed E-state index contributed by atoms with van der Waals surface area (Å²) in [7, 11) is 0. The van der Waals surface area contributed by atoms with Gasteiger partial charge in [-0.1, -0.05) is 5.16 Å². The molecule has 0 aliphatic rings. The first-order valence-electron chi connectivity index (χ1n) is 8.21. The monoisotopic (exact) mass is 391 g/mol. The van der Waals surface area contributed by atoms with Gasteiger partial charge < -0.3 is 20.3 Å². The molecule has 2 rings (SSSR count). The number of benzene rings is 1. The van der Waals surface area contributed by atoms with Crippen LogP contribution >= 0.6 is 11.8 Å². The number of carboxylic acids is 1. The maximum atomic E-state index is 12.0. The van der Waals surface area contributed by atoms with Gasteiger partial charge in [0.05, 0.1) is 11.4 Å². The predicted molar refractivity (Wildman–Crippen MR) is 102 cm³/mol. The topological polar surface area (TPSA) is 122 Å². The lowest BCUT2D eigenvalue weighted by Crippen LogP contribution is -2.38. The van der Waals surface area contributed by atoms with Gasteiger partial charge in [-0.2, -0.15) is 0 Å². The summed E-state index contributed by atoms with van der Waals surface area (Å²) in [6, 6.07) is 5.26. The summed E-state index contributed by atoms with van der Waals surface area (Å²) >= 11 is 1.45. The van der Waals surface area contributed by atoms with Gasteiger partial charge in [0, 0.05) is 22.6 Å². The lowest BCUT2D eigenvalue weighted by molar-refractivity contribution is -0.138. The van der Waals surface area contributed by atoms with Crippen molar-refractivity contribution in [1.82, 2.24) is 10.5 Å². The van der Waals surface area contributed by atoms with E-state index < -0.39 is 17.9 Å². The second kappa shape index (κ2) is 9.22. The summed E-state index contributed by atoms with van der Waals surface area (Å²) in [4.78, 5) is 34.7. The summed E-state index contributed by atoms with van der Waals surface area (Å²) in [6.45, 7) is 5.08. The number of hydrogen-bond acceptors (Lipinski definition) is 6. The highest BCUT2D eigenvalue weighted by Crippen LogP contribution is 2.19. The number of nitrogens with one attached hydrogen (secondary N) is 2. The van der Waals surface area contributed by atoms with Gasteiger partial charge in [0.25, 0.3) is 5.91 Å². The average Bonchev–Trinajstić information content (AvgIpc) is 2.94.